The van der Waals surface area contributed by atoms with Crippen LogP contribution in [-0.4, -0.2) is 25.5 Å². The standard InChI is InChI=1S/C21H30N4O3.HI/c1-14(2)9-10-27-19-11-15(3)5-6-16(19)12-24-21(23-4)25-13-17-7-8-18(28-17)20(22)26;/h5-8,11,14H,9-10,12-13H2,1-4H3,(H2,22,26)(H2,23,24,25);1H. The van der Waals surface area contributed by atoms with Crippen LogP contribution in [0, 0.1) is 12.8 Å². The number of nitrogens with zero attached hydrogens (tertiary/aromatic N) is 1. The first-order valence-corrected chi connectivity index (χ1v) is 9.44. The highest BCUT2D eigenvalue weighted by Crippen LogP contribution is 2.21. The molecule has 0 radical (unpaired) electrons. The van der Waals surface area contributed by atoms with E-state index in [-0.39, 0.29) is 29.7 Å². The van der Waals surface area contributed by atoms with Gasteiger partial charge in [-0.1, -0.05) is 26.0 Å². The first-order chi connectivity index (χ1) is 13.4. The summed E-state index contributed by atoms with van der Waals surface area (Å²) >= 11 is 0. The maximum atomic E-state index is 11.1. The van der Waals surface area contributed by atoms with Gasteiger partial charge in [-0.3, -0.25) is 9.79 Å². The van der Waals surface area contributed by atoms with E-state index in [1.54, 1.807) is 19.2 Å². The van der Waals surface area contributed by atoms with Gasteiger partial charge in [0.25, 0.3) is 5.91 Å². The van der Waals surface area contributed by atoms with Crippen LogP contribution in [0.15, 0.2) is 39.7 Å². The molecule has 0 aliphatic heterocycles. The van der Waals surface area contributed by atoms with Crippen molar-refractivity contribution in [2.45, 2.75) is 40.3 Å². The Hall–Kier alpha value is -2.23. The molecule has 0 aliphatic carbocycles. The molecule has 8 heteroatoms. The van der Waals surface area contributed by atoms with Crippen LogP contribution >= 0.6 is 24.0 Å². The number of furan rings is 1. The van der Waals surface area contributed by atoms with E-state index in [1.807, 2.05) is 0 Å². The summed E-state index contributed by atoms with van der Waals surface area (Å²) in [6.45, 7) is 8.07. The fraction of sp³-hybridized carbons (Fsp3) is 0.429. The molecule has 0 saturated carbocycles. The number of ether oxygens (including phenoxy) is 1. The minimum absolute atomic E-state index is 0. The SMILES string of the molecule is CN=C(NCc1ccc(C(N)=O)o1)NCc1ccc(C)cc1OCCC(C)C.I. The van der Waals surface area contributed by atoms with Gasteiger partial charge in [0.15, 0.2) is 11.7 Å². The number of halogens is 1. The number of guanidine groups is 1. The molecule has 29 heavy (non-hydrogen) atoms. The molecule has 2 rings (SSSR count). The number of carbonyl (C=O) groups excluding carboxylic acids is 1. The van der Waals surface area contributed by atoms with E-state index in [1.165, 1.54) is 0 Å². The molecular weight excluding hydrogens is 483 g/mol. The van der Waals surface area contributed by atoms with Gasteiger partial charge in [0.1, 0.15) is 11.5 Å². The van der Waals surface area contributed by atoms with E-state index in [4.69, 9.17) is 14.9 Å². The number of carbonyl (C=O) groups is 1. The number of hydrogen-bond donors (Lipinski definition) is 3. The van der Waals surface area contributed by atoms with Crippen LogP contribution in [0.3, 0.4) is 0 Å². The van der Waals surface area contributed by atoms with Crippen LogP contribution in [0.1, 0.15) is 47.7 Å². The van der Waals surface area contributed by atoms with E-state index in [2.05, 4.69) is 54.6 Å². The molecule has 1 aromatic carbocycles. The molecule has 0 spiro atoms. The van der Waals surface area contributed by atoms with Crippen molar-refractivity contribution in [2.75, 3.05) is 13.7 Å². The molecule has 0 saturated heterocycles. The van der Waals surface area contributed by atoms with Crippen LogP contribution in [-0.2, 0) is 13.1 Å². The Labute approximate surface area is 189 Å². The summed E-state index contributed by atoms with van der Waals surface area (Å²) in [5.74, 6) is 2.27. The van der Waals surface area contributed by atoms with Crippen molar-refractivity contribution in [1.29, 1.82) is 0 Å². The number of aryl methyl sites for hydroxylation is 1. The van der Waals surface area contributed by atoms with Crippen LogP contribution < -0.4 is 21.1 Å². The van der Waals surface area contributed by atoms with Gasteiger partial charge in [-0.25, -0.2) is 0 Å². The molecule has 1 aromatic heterocycles. The van der Waals surface area contributed by atoms with Crippen LogP contribution in [0.5, 0.6) is 5.75 Å². The van der Waals surface area contributed by atoms with Gasteiger partial charge in [0.2, 0.25) is 0 Å². The molecule has 0 bridgehead atoms. The second-order valence-electron chi connectivity index (χ2n) is 7.05. The number of amides is 1. The number of benzene rings is 1. The Kier molecular flexibility index (Phi) is 10.6. The molecule has 2 aromatic rings. The lowest BCUT2D eigenvalue weighted by atomic mass is 10.1. The third-order valence-corrected chi connectivity index (χ3v) is 4.18. The smallest absolute Gasteiger partial charge is 0.284 e. The van der Waals surface area contributed by atoms with Crippen LogP contribution in [0.25, 0.3) is 0 Å². The Morgan fingerprint density at radius 1 is 1.21 bits per heavy atom. The molecule has 0 unspecified atom stereocenters. The summed E-state index contributed by atoms with van der Waals surface area (Å²) in [6.07, 6.45) is 1.01. The van der Waals surface area contributed by atoms with Gasteiger partial charge in [-0.2, -0.15) is 0 Å². The summed E-state index contributed by atoms with van der Waals surface area (Å²) in [5.41, 5.74) is 7.42. The minimum atomic E-state index is -0.585. The van der Waals surface area contributed by atoms with Gasteiger partial charge >= 0.3 is 0 Å². The number of nitrogens with one attached hydrogen (secondary N) is 2. The summed E-state index contributed by atoms with van der Waals surface area (Å²) in [5, 5.41) is 6.42. The summed E-state index contributed by atoms with van der Waals surface area (Å²) in [4.78, 5) is 15.3. The third kappa shape index (κ3) is 8.35. The highest BCUT2D eigenvalue weighted by Gasteiger charge is 2.09. The monoisotopic (exact) mass is 514 g/mol. The fourth-order valence-electron chi connectivity index (χ4n) is 2.52. The molecule has 0 atom stereocenters. The molecule has 1 amide bonds. The van der Waals surface area contributed by atoms with Gasteiger partial charge in [0, 0.05) is 19.2 Å². The van der Waals surface area contributed by atoms with E-state index in [0.717, 1.165) is 23.3 Å². The van der Waals surface area contributed by atoms with Crippen LogP contribution in [0.4, 0.5) is 0 Å². The Morgan fingerprint density at radius 3 is 2.55 bits per heavy atom. The molecule has 4 N–H and O–H groups in total. The summed E-state index contributed by atoms with van der Waals surface area (Å²) < 4.78 is 11.3. The number of nitrogens with two attached hydrogens (primary N) is 1. The van der Waals surface area contributed by atoms with Crippen molar-refractivity contribution in [3.05, 3.63) is 53.0 Å². The quantitative estimate of drug-likeness (QED) is 0.270. The predicted octanol–water partition coefficient (Wildman–Crippen LogP) is 3.60. The number of aliphatic imine (C=N–C) groups is 1. The fourth-order valence-corrected chi connectivity index (χ4v) is 2.52. The lowest BCUT2D eigenvalue weighted by molar-refractivity contribution is 0.0972. The highest BCUT2D eigenvalue weighted by atomic mass is 127. The first kappa shape index (κ1) is 24.8. The second-order valence-corrected chi connectivity index (χ2v) is 7.05. The van der Waals surface area contributed by atoms with Crippen molar-refractivity contribution in [2.24, 2.45) is 16.6 Å². The topological polar surface area (TPSA) is 102 Å². The number of hydrogen-bond acceptors (Lipinski definition) is 4. The van der Waals surface area contributed by atoms with Gasteiger partial charge < -0.3 is 25.5 Å². The van der Waals surface area contributed by atoms with Crippen molar-refractivity contribution in [1.82, 2.24) is 10.6 Å². The van der Waals surface area contributed by atoms with Crippen molar-refractivity contribution < 1.29 is 13.9 Å². The van der Waals surface area contributed by atoms with Gasteiger partial charge in [0.05, 0.1) is 13.2 Å². The van der Waals surface area contributed by atoms with Crippen molar-refractivity contribution in [3.8, 4) is 5.75 Å². The Morgan fingerprint density at radius 2 is 1.93 bits per heavy atom. The normalized spacial score (nSPS) is 11.1. The lowest BCUT2D eigenvalue weighted by Gasteiger charge is -2.16. The lowest BCUT2D eigenvalue weighted by Crippen LogP contribution is -2.36. The minimum Gasteiger partial charge on any atom is -0.493 e. The second kappa shape index (κ2) is 12.4. The highest BCUT2D eigenvalue weighted by molar-refractivity contribution is 14.0. The van der Waals surface area contributed by atoms with E-state index < -0.39 is 5.91 Å². The maximum absolute atomic E-state index is 11.1. The first-order valence-electron chi connectivity index (χ1n) is 9.44. The van der Waals surface area contributed by atoms with Crippen molar-refractivity contribution >= 4 is 35.8 Å². The Bertz CT molecular complexity index is 818. The Balaban J connectivity index is 0.00000420. The molecule has 0 fully saturated rings. The third-order valence-electron chi connectivity index (χ3n) is 4.18. The average molecular weight is 514 g/mol. The van der Waals surface area contributed by atoms with E-state index in [0.29, 0.717) is 37.3 Å². The molecular formula is C21H31IN4O3. The maximum Gasteiger partial charge on any atom is 0.284 e. The number of rotatable bonds is 9. The summed E-state index contributed by atoms with van der Waals surface area (Å²) in [6, 6.07) is 9.45. The molecule has 0 aliphatic rings. The van der Waals surface area contributed by atoms with Crippen LogP contribution in [0.2, 0.25) is 0 Å². The molecule has 1 heterocycles. The molecule has 7 nitrogen and oxygen atoms in total. The summed E-state index contributed by atoms with van der Waals surface area (Å²) in [7, 11) is 1.70. The predicted molar refractivity (Wildman–Crippen MR) is 126 cm³/mol. The largest absolute Gasteiger partial charge is 0.493 e. The van der Waals surface area contributed by atoms with E-state index in [9.17, 15) is 4.79 Å². The molecule has 160 valence electrons. The average Bonchev–Trinajstić information content (AvgIpc) is 3.12. The van der Waals surface area contributed by atoms with Crippen molar-refractivity contribution in [3.63, 3.8) is 0 Å². The van der Waals surface area contributed by atoms with Gasteiger partial charge in [-0.05, 0) is 43.0 Å². The van der Waals surface area contributed by atoms with E-state index >= 15 is 0 Å². The zero-order valence-electron chi connectivity index (χ0n) is 17.5. The number of primary amides is 1. The zero-order valence-corrected chi connectivity index (χ0v) is 19.8. The zero-order chi connectivity index (χ0) is 20.5. The van der Waals surface area contributed by atoms with Gasteiger partial charge in [-0.15, -0.1) is 24.0 Å².